The van der Waals surface area contributed by atoms with Gasteiger partial charge in [0.25, 0.3) is 0 Å². The Kier molecular flexibility index (Phi) is 7.47. The highest BCUT2D eigenvalue weighted by Gasteiger charge is 2.47. The third kappa shape index (κ3) is 4.58. The first-order valence-electron chi connectivity index (χ1n) is 8.42. The molecule has 10 nitrogen and oxygen atoms in total. The SMILES string of the molecule is COC1OC(C=O)CC(OC2OC(C)C(OC)C(O)C2O)C1NC(C)=O. The lowest BCUT2D eigenvalue weighted by Crippen LogP contribution is -2.63. The Hall–Kier alpha value is -1.14. The molecule has 2 rings (SSSR count). The number of methoxy groups -OCH3 is 2. The smallest absolute Gasteiger partial charge is 0.217 e. The first kappa shape index (κ1) is 21.2. The van der Waals surface area contributed by atoms with Crippen molar-refractivity contribution in [1.29, 1.82) is 0 Å². The second-order valence-electron chi connectivity index (χ2n) is 6.44. The first-order valence-corrected chi connectivity index (χ1v) is 8.42. The fourth-order valence-electron chi connectivity index (χ4n) is 3.31. The van der Waals surface area contributed by atoms with Crippen LogP contribution < -0.4 is 5.32 Å². The van der Waals surface area contributed by atoms with E-state index in [1.807, 2.05) is 0 Å². The summed E-state index contributed by atoms with van der Waals surface area (Å²) < 4.78 is 27.3. The zero-order chi connectivity index (χ0) is 19.4. The highest BCUT2D eigenvalue weighted by molar-refractivity contribution is 5.73. The van der Waals surface area contributed by atoms with Crippen molar-refractivity contribution in [3.05, 3.63) is 0 Å². The molecule has 2 fully saturated rings. The lowest BCUT2D eigenvalue weighted by Gasteiger charge is -2.45. The molecule has 0 saturated carbocycles. The van der Waals surface area contributed by atoms with Gasteiger partial charge in [-0.25, -0.2) is 0 Å². The van der Waals surface area contributed by atoms with Crippen molar-refractivity contribution in [2.24, 2.45) is 0 Å². The molecule has 2 saturated heterocycles. The van der Waals surface area contributed by atoms with Crippen LogP contribution in [0.25, 0.3) is 0 Å². The van der Waals surface area contributed by atoms with Crippen LogP contribution in [0.2, 0.25) is 0 Å². The molecule has 0 radical (unpaired) electrons. The van der Waals surface area contributed by atoms with E-state index in [4.69, 9.17) is 23.7 Å². The molecular formula is C16H27NO9. The Morgan fingerprint density at radius 3 is 2.38 bits per heavy atom. The van der Waals surface area contributed by atoms with Crippen LogP contribution in [0.15, 0.2) is 0 Å². The lowest BCUT2D eigenvalue weighted by molar-refractivity contribution is -0.323. The van der Waals surface area contributed by atoms with Gasteiger partial charge in [0.2, 0.25) is 5.91 Å². The second-order valence-corrected chi connectivity index (χ2v) is 6.44. The molecule has 2 heterocycles. The van der Waals surface area contributed by atoms with Crippen molar-refractivity contribution in [1.82, 2.24) is 5.32 Å². The summed E-state index contributed by atoms with van der Waals surface area (Å²) in [7, 11) is 2.79. The number of carbonyl (C=O) groups excluding carboxylic acids is 2. The Morgan fingerprint density at radius 2 is 1.85 bits per heavy atom. The molecule has 0 aromatic heterocycles. The molecule has 0 bridgehead atoms. The molecule has 150 valence electrons. The fraction of sp³-hybridized carbons (Fsp3) is 0.875. The van der Waals surface area contributed by atoms with E-state index in [1.165, 1.54) is 21.1 Å². The maximum absolute atomic E-state index is 11.5. The molecular weight excluding hydrogens is 350 g/mol. The molecule has 1 amide bonds. The summed E-state index contributed by atoms with van der Waals surface area (Å²) in [6.07, 6.45) is -6.72. The quantitative estimate of drug-likeness (QED) is 0.464. The van der Waals surface area contributed by atoms with Gasteiger partial charge in [-0.2, -0.15) is 0 Å². The van der Waals surface area contributed by atoms with Gasteiger partial charge in [0, 0.05) is 27.6 Å². The fourth-order valence-corrected chi connectivity index (χ4v) is 3.31. The summed E-state index contributed by atoms with van der Waals surface area (Å²) in [5, 5.41) is 23.2. The third-order valence-corrected chi connectivity index (χ3v) is 4.58. The highest BCUT2D eigenvalue weighted by atomic mass is 16.7. The number of amides is 1. The van der Waals surface area contributed by atoms with Gasteiger partial charge in [-0.15, -0.1) is 0 Å². The Balaban J connectivity index is 2.16. The van der Waals surface area contributed by atoms with Crippen LogP contribution in [0, 0.1) is 0 Å². The lowest BCUT2D eigenvalue weighted by atomic mass is 9.97. The predicted molar refractivity (Wildman–Crippen MR) is 86.0 cm³/mol. The average Bonchev–Trinajstić information content (AvgIpc) is 2.60. The minimum Gasteiger partial charge on any atom is -0.387 e. The van der Waals surface area contributed by atoms with Crippen LogP contribution in [-0.2, 0) is 33.3 Å². The number of aliphatic hydroxyl groups excluding tert-OH is 2. The largest absolute Gasteiger partial charge is 0.387 e. The zero-order valence-corrected chi connectivity index (χ0v) is 15.2. The third-order valence-electron chi connectivity index (χ3n) is 4.58. The van der Waals surface area contributed by atoms with Crippen LogP contribution in [0.3, 0.4) is 0 Å². The summed E-state index contributed by atoms with van der Waals surface area (Å²) in [5.74, 6) is -0.336. The predicted octanol–water partition coefficient (Wildman–Crippen LogP) is -1.68. The van der Waals surface area contributed by atoms with E-state index in [0.29, 0.717) is 6.29 Å². The van der Waals surface area contributed by atoms with Gasteiger partial charge in [0.1, 0.15) is 36.7 Å². The molecule has 26 heavy (non-hydrogen) atoms. The molecule has 10 heteroatoms. The van der Waals surface area contributed by atoms with Crippen LogP contribution in [0.4, 0.5) is 0 Å². The van der Waals surface area contributed by atoms with E-state index < -0.39 is 55.2 Å². The molecule has 3 N–H and O–H groups in total. The molecule has 0 spiro atoms. The van der Waals surface area contributed by atoms with Gasteiger partial charge >= 0.3 is 0 Å². The Labute approximate surface area is 151 Å². The topological polar surface area (TPSA) is 133 Å². The second kappa shape index (κ2) is 9.18. The molecule has 9 atom stereocenters. The van der Waals surface area contributed by atoms with E-state index >= 15 is 0 Å². The van der Waals surface area contributed by atoms with E-state index in [0.717, 1.165) is 0 Å². The standard InChI is InChI=1S/C16H27NO9/c1-7-14(22-3)12(20)13(21)16(24-7)26-10-5-9(6-18)25-15(23-4)11(10)17-8(2)19/h6-7,9-16,20-21H,5H2,1-4H3,(H,17,19). The average molecular weight is 377 g/mol. The minimum atomic E-state index is -1.37. The molecule has 0 aromatic rings. The molecule has 0 aromatic carbocycles. The van der Waals surface area contributed by atoms with Crippen molar-refractivity contribution in [3.8, 4) is 0 Å². The number of nitrogens with one attached hydrogen (secondary N) is 1. The van der Waals surface area contributed by atoms with Crippen molar-refractivity contribution in [2.75, 3.05) is 14.2 Å². The van der Waals surface area contributed by atoms with Crippen LogP contribution in [0.1, 0.15) is 20.3 Å². The molecule has 0 aliphatic carbocycles. The highest BCUT2D eigenvalue weighted by Crippen LogP contribution is 2.29. The van der Waals surface area contributed by atoms with Gasteiger partial charge in [-0.05, 0) is 6.92 Å². The van der Waals surface area contributed by atoms with Crippen molar-refractivity contribution in [2.45, 2.75) is 75.5 Å². The normalized spacial score (nSPS) is 43.7. The summed E-state index contributed by atoms with van der Waals surface area (Å²) in [6, 6.07) is -0.725. The van der Waals surface area contributed by atoms with Crippen molar-refractivity contribution < 1.29 is 43.5 Å². The van der Waals surface area contributed by atoms with Gasteiger partial charge in [0.05, 0.1) is 12.2 Å². The van der Waals surface area contributed by atoms with E-state index in [9.17, 15) is 19.8 Å². The van der Waals surface area contributed by atoms with Crippen LogP contribution in [0.5, 0.6) is 0 Å². The number of hydrogen-bond donors (Lipinski definition) is 3. The van der Waals surface area contributed by atoms with Crippen LogP contribution in [-0.4, -0.2) is 91.9 Å². The van der Waals surface area contributed by atoms with E-state index in [1.54, 1.807) is 6.92 Å². The maximum atomic E-state index is 11.5. The Bertz CT molecular complexity index is 490. The zero-order valence-electron chi connectivity index (χ0n) is 15.2. The Morgan fingerprint density at radius 1 is 1.15 bits per heavy atom. The number of hydrogen-bond acceptors (Lipinski definition) is 9. The van der Waals surface area contributed by atoms with Crippen molar-refractivity contribution in [3.63, 3.8) is 0 Å². The maximum Gasteiger partial charge on any atom is 0.217 e. The number of ether oxygens (including phenoxy) is 5. The molecule has 2 aliphatic heterocycles. The van der Waals surface area contributed by atoms with Gasteiger partial charge in [-0.3, -0.25) is 4.79 Å². The summed E-state index contributed by atoms with van der Waals surface area (Å²) in [4.78, 5) is 22.7. The minimum absolute atomic E-state index is 0.124. The van der Waals surface area contributed by atoms with Gasteiger partial charge in [0.15, 0.2) is 12.6 Å². The van der Waals surface area contributed by atoms with Crippen LogP contribution >= 0.6 is 0 Å². The number of aldehydes is 1. The molecule has 2 aliphatic rings. The summed E-state index contributed by atoms with van der Waals surface area (Å²) in [5.41, 5.74) is 0. The summed E-state index contributed by atoms with van der Waals surface area (Å²) >= 11 is 0. The number of carbonyl (C=O) groups is 2. The number of rotatable bonds is 6. The van der Waals surface area contributed by atoms with E-state index in [-0.39, 0.29) is 12.3 Å². The monoisotopic (exact) mass is 377 g/mol. The van der Waals surface area contributed by atoms with Gasteiger partial charge in [-0.1, -0.05) is 0 Å². The van der Waals surface area contributed by atoms with Crippen molar-refractivity contribution >= 4 is 12.2 Å². The molecule has 9 unspecified atom stereocenters. The van der Waals surface area contributed by atoms with Gasteiger partial charge < -0.3 is 44.0 Å². The summed E-state index contributed by atoms with van der Waals surface area (Å²) in [6.45, 7) is 3.01. The first-order chi connectivity index (χ1) is 12.3. The number of aliphatic hydroxyl groups is 2. The van der Waals surface area contributed by atoms with E-state index in [2.05, 4.69) is 5.32 Å².